The minimum Gasteiger partial charge on any atom is -0.480 e. The van der Waals surface area contributed by atoms with Crippen LogP contribution in [0.2, 0.25) is 0 Å². The monoisotopic (exact) mass is 690 g/mol. The number of aromatic nitrogens is 4. The summed E-state index contributed by atoms with van der Waals surface area (Å²) in [7, 11) is 0. The molecule has 9 rings (SSSR count). The van der Waals surface area contributed by atoms with E-state index in [9.17, 15) is 19.1 Å². The lowest BCUT2D eigenvalue weighted by molar-refractivity contribution is -0.138. The molecule has 50 heavy (non-hydrogen) atoms. The van der Waals surface area contributed by atoms with E-state index in [4.69, 9.17) is 14.1 Å². The summed E-state index contributed by atoms with van der Waals surface area (Å²) in [6, 6.07) is 10.8. The van der Waals surface area contributed by atoms with Crippen LogP contribution < -0.4 is 9.64 Å². The number of amides is 1. The molecule has 11 nitrogen and oxygen atoms in total. The normalized spacial score (nSPS) is 24.8. The lowest BCUT2D eigenvalue weighted by atomic mass is 9.93. The zero-order valence-electron chi connectivity index (χ0n) is 27.5. The van der Waals surface area contributed by atoms with Crippen LogP contribution in [0.5, 0.6) is 6.01 Å². The molecule has 5 aromatic rings. The van der Waals surface area contributed by atoms with Crippen LogP contribution in [0.1, 0.15) is 63.7 Å². The fourth-order valence-electron chi connectivity index (χ4n) is 7.92. The number of carbonyl (C=O) groups is 2. The summed E-state index contributed by atoms with van der Waals surface area (Å²) in [4.78, 5) is 42.5. The number of benzene rings is 2. The number of hydrogen-bond donors (Lipinski definition) is 1. The Morgan fingerprint density at radius 1 is 1.06 bits per heavy atom. The summed E-state index contributed by atoms with van der Waals surface area (Å²) in [5.74, 6) is -6.28. The number of aliphatic carboxylic acids is 1. The summed E-state index contributed by atoms with van der Waals surface area (Å²) >= 11 is 0. The Hall–Kier alpha value is -4.88. The summed E-state index contributed by atoms with van der Waals surface area (Å²) in [6.07, 6.45) is 1.56. The molecule has 3 aromatic heterocycles. The lowest BCUT2D eigenvalue weighted by Crippen LogP contribution is -2.43. The molecule has 1 amide bonds. The van der Waals surface area contributed by atoms with Gasteiger partial charge in [-0.15, -0.1) is 0 Å². The van der Waals surface area contributed by atoms with Crippen LogP contribution in [0.25, 0.3) is 33.1 Å². The quantitative estimate of drug-likeness (QED) is 0.205. The standard InChI is InChI=1S/C36H37F3N6O5/c1-20-17-43-14-12-25(20)45-26-8-5-4-7-24(26)40-35(45)49-19-21-15-27(33(47)48)44(18-21)32-31-30(23-11-10-22(37)16-28(23)50-31)41-34(42-32)36(38,39)13-6-2-3-9-29(43)46/h4-5,7-8,10-11,16,20-21,25,27H,2-3,6,9,12-15,17-19H2,1H3,(H,47,48)/t20-,21-,25-,27-/m0/s1. The third-order valence-electron chi connectivity index (χ3n) is 10.5. The highest BCUT2D eigenvalue weighted by Crippen LogP contribution is 2.42. The number of fused-ring (bicyclic) bond motifs is 13. The molecule has 0 aliphatic carbocycles. The van der Waals surface area contributed by atoms with Gasteiger partial charge in [0, 0.05) is 55.9 Å². The first-order chi connectivity index (χ1) is 24.1. The smallest absolute Gasteiger partial charge is 0.326 e. The molecule has 0 unspecified atom stereocenters. The average molecular weight is 691 g/mol. The van der Waals surface area contributed by atoms with Crippen LogP contribution in [-0.4, -0.2) is 73.7 Å². The van der Waals surface area contributed by atoms with E-state index in [1.54, 1.807) is 0 Å². The number of carbonyl (C=O) groups excluding carboxylic acids is 1. The first-order valence-corrected chi connectivity index (χ1v) is 17.2. The van der Waals surface area contributed by atoms with Crippen molar-refractivity contribution in [3.63, 3.8) is 0 Å². The Bertz CT molecular complexity index is 2120. The SMILES string of the molecule is C[C@H]1CN2CC[C@@H]1n1c(nc3ccccc31)OC[C@H]1C[C@@H](C(=O)O)N(C1)c1nc(nc3c1oc1cc(F)ccc13)C(F)(F)CCCCCC2=O. The Kier molecular flexibility index (Phi) is 8.06. The van der Waals surface area contributed by atoms with Gasteiger partial charge in [-0.3, -0.25) is 9.36 Å². The van der Waals surface area contributed by atoms with E-state index < -0.39 is 36.0 Å². The number of imidazole rings is 1. The Labute approximate surface area is 285 Å². The Morgan fingerprint density at radius 2 is 1.90 bits per heavy atom. The number of ether oxygens (including phenoxy) is 1. The maximum Gasteiger partial charge on any atom is 0.326 e. The predicted octanol–water partition coefficient (Wildman–Crippen LogP) is 6.69. The first kappa shape index (κ1) is 32.3. The maximum atomic E-state index is 15.9. The van der Waals surface area contributed by atoms with Gasteiger partial charge in [-0.25, -0.2) is 19.2 Å². The molecule has 7 heterocycles. The van der Waals surface area contributed by atoms with Crippen LogP contribution in [0.3, 0.4) is 0 Å². The highest BCUT2D eigenvalue weighted by atomic mass is 19.3. The fourth-order valence-corrected chi connectivity index (χ4v) is 7.92. The summed E-state index contributed by atoms with van der Waals surface area (Å²) in [6.45, 7) is 3.45. The summed E-state index contributed by atoms with van der Waals surface area (Å²) in [5, 5.41) is 10.7. The van der Waals surface area contributed by atoms with E-state index >= 15 is 8.78 Å². The van der Waals surface area contributed by atoms with Gasteiger partial charge in [-0.05, 0) is 55.9 Å². The van der Waals surface area contributed by atoms with Gasteiger partial charge in [0.2, 0.25) is 11.7 Å². The lowest BCUT2D eigenvalue weighted by Gasteiger charge is -2.38. The minimum absolute atomic E-state index is 0.00952. The van der Waals surface area contributed by atoms with Gasteiger partial charge in [0.15, 0.2) is 11.4 Å². The van der Waals surface area contributed by atoms with Crippen molar-refractivity contribution in [2.75, 3.05) is 31.1 Å². The zero-order valence-corrected chi connectivity index (χ0v) is 27.5. The van der Waals surface area contributed by atoms with Gasteiger partial charge in [0.25, 0.3) is 6.01 Å². The molecule has 0 spiro atoms. The fraction of sp³-hybridized carbons (Fsp3) is 0.472. The highest BCUT2D eigenvalue weighted by Gasteiger charge is 2.43. The van der Waals surface area contributed by atoms with E-state index in [0.29, 0.717) is 43.7 Å². The van der Waals surface area contributed by atoms with Crippen molar-refractivity contribution in [3.8, 4) is 6.01 Å². The third-order valence-corrected chi connectivity index (χ3v) is 10.5. The average Bonchev–Trinajstić information content (AvgIpc) is 3.79. The molecule has 2 saturated heterocycles. The minimum atomic E-state index is -3.47. The van der Waals surface area contributed by atoms with Crippen molar-refractivity contribution in [1.82, 2.24) is 24.4 Å². The zero-order chi connectivity index (χ0) is 34.7. The first-order valence-electron chi connectivity index (χ1n) is 17.2. The highest BCUT2D eigenvalue weighted by molar-refractivity contribution is 6.06. The number of furan rings is 1. The van der Waals surface area contributed by atoms with Crippen LogP contribution in [-0.2, 0) is 15.5 Å². The molecule has 2 aromatic carbocycles. The van der Waals surface area contributed by atoms with Crippen molar-refractivity contribution in [2.45, 2.75) is 69.9 Å². The maximum absolute atomic E-state index is 15.9. The van der Waals surface area contributed by atoms with Gasteiger partial charge in [0.1, 0.15) is 23.0 Å². The molecule has 4 aliphatic heterocycles. The van der Waals surface area contributed by atoms with Crippen molar-refractivity contribution in [3.05, 3.63) is 54.1 Å². The topological polar surface area (TPSA) is 127 Å². The van der Waals surface area contributed by atoms with E-state index in [1.807, 2.05) is 29.2 Å². The van der Waals surface area contributed by atoms with Gasteiger partial charge < -0.3 is 24.1 Å². The molecule has 0 saturated carbocycles. The number of piperidine rings is 1. The molecule has 6 bridgehead atoms. The van der Waals surface area contributed by atoms with Crippen molar-refractivity contribution >= 4 is 50.8 Å². The molecule has 262 valence electrons. The van der Waals surface area contributed by atoms with E-state index in [1.165, 1.54) is 17.0 Å². The second kappa shape index (κ2) is 12.5. The molecule has 4 aliphatic rings. The van der Waals surface area contributed by atoms with Crippen molar-refractivity contribution < 1.29 is 37.0 Å². The second-order valence-corrected chi connectivity index (χ2v) is 13.9. The van der Waals surface area contributed by atoms with Crippen molar-refractivity contribution in [1.29, 1.82) is 0 Å². The number of carboxylic acid groups (broad SMARTS) is 1. The number of anilines is 1. The summed E-state index contributed by atoms with van der Waals surface area (Å²) < 4.78 is 60.5. The van der Waals surface area contributed by atoms with Gasteiger partial charge in [-0.2, -0.15) is 13.8 Å². The van der Waals surface area contributed by atoms with Crippen LogP contribution in [0, 0.1) is 17.7 Å². The number of hydrogen-bond acceptors (Lipinski definition) is 8. The van der Waals surface area contributed by atoms with E-state index in [-0.39, 0.29) is 78.7 Å². The summed E-state index contributed by atoms with van der Waals surface area (Å²) in [5.41, 5.74) is 1.83. The molecule has 14 heteroatoms. The number of carboxylic acids is 1. The third kappa shape index (κ3) is 5.67. The largest absolute Gasteiger partial charge is 0.480 e. The molecule has 4 atom stereocenters. The van der Waals surface area contributed by atoms with Gasteiger partial charge in [-0.1, -0.05) is 25.5 Å². The van der Waals surface area contributed by atoms with E-state index in [0.717, 1.165) is 17.1 Å². The number of para-hydroxylation sites is 2. The van der Waals surface area contributed by atoms with Gasteiger partial charge in [0.05, 0.1) is 17.6 Å². The Balaban J connectivity index is 1.21. The van der Waals surface area contributed by atoms with Crippen molar-refractivity contribution in [2.24, 2.45) is 11.8 Å². The van der Waals surface area contributed by atoms with Crippen LogP contribution in [0.15, 0.2) is 46.9 Å². The van der Waals surface area contributed by atoms with Crippen LogP contribution >= 0.6 is 0 Å². The number of rotatable bonds is 1. The number of halogens is 3. The second-order valence-electron chi connectivity index (χ2n) is 13.9. The number of alkyl halides is 2. The molecule has 2 fully saturated rings. The van der Waals surface area contributed by atoms with E-state index in [2.05, 4.69) is 21.5 Å². The number of nitrogens with zero attached hydrogens (tertiary/aromatic N) is 6. The Morgan fingerprint density at radius 3 is 2.72 bits per heavy atom. The molecule has 1 N–H and O–H groups in total. The molecule has 0 radical (unpaired) electrons. The molecular weight excluding hydrogens is 653 g/mol. The predicted molar refractivity (Wildman–Crippen MR) is 178 cm³/mol. The van der Waals surface area contributed by atoms with Gasteiger partial charge >= 0.3 is 11.9 Å². The van der Waals surface area contributed by atoms with Crippen LogP contribution in [0.4, 0.5) is 19.0 Å². The molecular formula is C36H37F3N6O5.